The van der Waals surface area contributed by atoms with E-state index in [0.29, 0.717) is 13.0 Å². The molecule has 8 heteroatoms. The van der Waals surface area contributed by atoms with Crippen molar-refractivity contribution in [1.29, 1.82) is 0 Å². The average molecular weight is 439 g/mol. The smallest absolute Gasteiger partial charge is 0.274 e. The van der Waals surface area contributed by atoms with E-state index in [9.17, 15) is 14.4 Å². The van der Waals surface area contributed by atoms with Gasteiger partial charge in [-0.3, -0.25) is 14.4 Å². The summed E-state index contributed by atoms with van der Waals surface area (Å²) in [5, 5.41) is 5.23. The number of nitrogens with zero attached hydrogens (tertiary/aromatic N) is 4. The zero-order valence-corrected chi connectivity index (χ0v) is 18.8. The summed E-state index contributed by atoms with van der Waals surface area (Å²) in [7, 11) is 5.07. The number of amides is 2. The molecule has 0 saturated carbocycles. The van der Waals surface area contributed by atoms with E-state index in [4.69, 9.17) is 0 Å². The number of hydrogen-bond donors (Lipinski definition) is 0. The van der Waals surface area contributed by atoms with Crippen LogP contribution in [0.2, 0.25) is 0 Å². The molecule has 0 aliphatic carbocycles. The summed E-state index contributed by atoms with van der Waals surface area (Å²) >= 11 is 1.51. The van der Waals surface area contributed by atoms with E-state index in [-0.39, 0.29) is 29.1 Å². The van der Waals surface area contributed by atoms with Gasteiger partial charge in [0.15, 0.2) is 0 Å². The topological polar surface area (TPSA) is 75.5 Å². The molecule has 1 aliphatic rings. The lowest BCUT2D eigenvalue weighted by atomic mass is 9.93. The molecule has 2 amide bonds. The van der Waals surface area contributed by atoms with Crippen molar-refractivity contribution < 1.29 is 9.59 Å². The zero-order chi connectivity index (χ0) is 22.1. The van der Waals surface area contributed by atoms with Crippen molar-refractivity contribution in [3.05, 3.63) is 62.9 Å². The first kappa shape index (κ1) is 21.2. The van der Waals surface area contributed by atoms with E-state index < -0.39 is 0 Å². The van der Waals surface area contributed by atoms with Gasteiger partial charge in [0.25, 0.3) is 17.4 Å². The fraction of sp³-hybridized carbons (Fsp3) is 0.391. The summed E-state index contributed by atoms with van der Waals surface area (Å²) in [6, 6.07) is 10.9. The van der Waals surface area contributed by atoms with Crippen LogP contribution < -0.4 is 5.56 Å². The minimum absolute atomic E-state index is 0.00962. The molecule has 1 aromatic carbocycles. The SMILES string of the molecule is CN(C)C(=O)c1sc2ccccc2c1CC1CCCCN1C(=O)c1ccc(=O)n(C)n1. The molecule has 162 valence electrons. The lowest BCUT2D eigenvalue weighted by Gasteiger charge is -2.36. The number of fused-ring (bicyclic) bond motifs is 1. The number of likely N-dealkylation sites (tertiary alicyclic amines) is 1. The van der Waals surface area contributed by atoms with E-state index in [1.54, 1.807) is 26.0 Å². The maximum Gasteiger partial charge on any atom is 0.274 e. The number of carbonyl (C=O) groups is 2. The Morgan fingerprint density at radius 1 is 1.16 bits per heavy atom. The summed E-state index contributed by atoms with van der Waals surface area (Å²) in [4.78, 5) is 42.0. The fourth-order valence-corrected chi connectivity index (χ4v) is 5.41. The second kappa shape index (κ2) is 8.63. The number of benzene rings is 1. The standard InChI is InChI=1S/C23H26N4O3S/c1-25(2)23(30)21-17(16-9-4-5-10-19(16)31-21)14-15-8-6-7-13-27(15)22(29)18-11-12-20(28)26(3)24-18/h4-5,9-12,15H,6-8,13-14H2,1-3H3. The molecule has 0 radical (unpaired) electrons. The van der Waals surface area contributed by atoms with Crippen molar-refractivity contribution in [2.24, 2.45) is 7.05 Å². The van der Waals surface area contributed by atoms with E-state index in [0.717, 1.165) is 39.8 Å². The molecule has 1 saturated heterocycles. The van der Waals surface area contributed by atoms with Gasteiger partial charge in [-0.15, -0.1) is 11.3 Å². The van der Waals surface area contributed by atoms with Crippen LogP contribution in [0.5, 0.6) is 0 Å². The van der Waals surface area contributed by atoms with Gasteiger partial charge in [-0.25, -0.2) is 4.68 Å². The van der Waals surface area contributed by atoms with Gasteiger partial charge in [0.05, 0.1) is 4.88 Å². The highest BCUT2D eigenvalue weighted by molar-refractivity contribution is 7.21. The number of aryl methyl sites for hydroxylation is 1. The normalized spacial score (nSPS) is 16.5. The molecule has 31 heavy (non-hydrogen) atoms. The van der Waals surface area contributed by atoms with E-state index in [2.05, 4.69) is 11.2 Å². The van der Waals surface area contributed by atoms with Gasteiger partial charge in [-0.05, 0) is 48.8 Å². The lowest BCUT2D eigenvalue weighted by molar-refractivity contribution is 0.0605. The molecule has 1 unspecified atom stereocenters. The Labute approximate surface area is 184 Å². The third kappa shape index (κ3) is 4.12. The van der Waals surface area contributed by atoms with E-state index in [1.807, 2.05) is 23.1 Å². The maximum absolute atomic E-state index is 13.3. The Hall–Kier alpha value is -3.00. The van der Waals surface area contributed by atoms with Crippen molar-refractivity contribution in [2.45, 2.75) is 31.7 Å². The minimum atomic E-state index is -0.247. The number of piperidine rings is 1. The van der Waals surface area contributed by atoms with E-state index in [1.165, 1.54) is 28.2 Å². The Kier molecular flexibility index (Phi) is 5.91. The molecule has 0 bridgehead atoms. The predicted molar refractivity (Wildman–Crippen MR) is 122 cm³/mol. The van der Waals surface area contributed by atoms with Crippen LogP contribution in [0.15, 0.2) is 41.2 Å². The highest BCUT2D eigenvalue weighted by Crippen LogP contribution is 2.35. The monoisotopic (exact) mass is 438 g/mol. The average Bonchev–Trinajstić information content (AvgIpc) is 3.13. The Morgan fingerprint density at radius 3 is 2.68 bits per heavy atom. The molecule has 1 aliphatic heterocycles. The lowest BCUT2D eigenvalue weighted by Crippen LogP contribution is -2.45. The molecule has 0 N–H and O–H groups in total. The molecular formula is C23H26N4O3S. The summed E-state index contributed by atoms with van der Waals surface area (Å²) in [5.41, 5.74) is 1.04. The van der Waals surface area contributed by atoms with Gasteiger partial charge >= 0.3 is 0 Å². The van der Waals surface area contributed by atoms with Crippen LogP contribution in [0, 0.1) is 0 Å². The Morgan fingerprint density at radius 2 is 1.94 bits per heavy atom. The van der Waals surface area contributed by atoms with Crippen LogP contribution in [0.1, 0.15) is 45.0 Å². The van der Waals surface area contributed by atoms with Gasteiger partial charge in [0.2, 0.25) is 0 Å². The quantitative estimate of drug-likeness (QED) is 0.628. The first-order valence-electron chi connectivity index (χ1n) is 10.4. The molecule has 0 spiro atoms. The number of thiophene rings is 1. The first-order chi connectivity index (χ1) is 14.9. The molecule has 1 atom stereocenters. The summed E-state index contributed by atoms with van der Waals surface area (Å²) in [6.07, 6.45) is 3.46. The Balaban J connectivity index is 1.70. The third-order valence-corrected chi connectivity index (χ3v) is 7.01. The van der Waals surface area contributed by atoms with Crippen LogP contribution in [-0.4, -0.2) is 58.1 Å². The van der Waals surface area contributed by atoms with Crippen molar-refractivity contribution >= 4 is 33.2 Å². The number of rotatable bonds is 4. The minimum Gasteiger partial charge on any atom is -0.344 e. The van der Waals surface area contributed by atoms with Gasteiger partial charge in [0.1, 0.15) is 5.69 Å². The highest BCUT2D eigenvalue weighted by Gasteiger charge is 2.31. The number of hydrogen-bond acceptors (Lipinski definition) is 5. The zero-order valence-electron chi connectivity index (χ0n) is 18.0. The van der Waals surface area contributed by atoms with Crippen LogP contribution >= 0.6 is 11.3 Å². The molecule has 4 rings (SSSR count). The van der Waals surface area contributed by atoms with Gasteiger partial charge in [0, 0.05) is 44.5 Å². The molecule has 3 aromatic rings. The number of carbonyl (C=O) groups excluding carboxylic acids is 2. The molecule has 7 nitrogen and oxygen atoms in total. The summed E-state index contributed by atoms with van der Waals surface area (Å²) < 4.78 is 2.27. The van der Waals surface area contributed by atoms with Gasteiger partial charge in [-0.2, -0.15) is 5.10 Å². The second-order valence-corrected chi connectivity index (χ2v) is 9.19. The predicted octanol–water partition coefficient (Wildman–Crippen LogP) is 2.93. The second-order valence-electron chi connectivity index (χ2n) is 8.14. The van der Waals surface area contributed by atoms with Crippen molar-refractivity contribution in [3.8, 4) is 0 Å². The van der Waals surface area contributed by atoms with Crippen LogP contribution in [0.4, 0.5) is 0 Å². The largest absolute Gasteiger partial charge is 0.344 e. The molecular weight excluding hydrogens is 412 g/mol. The molecule has 1 fully saturated rings. The first-order valence-corrected chi connectivity index (χ1v) is 11.3. The van der Waals surface area contributed by atoms with Crippen LogP contribution in [-0.2, 0) is 13.5 Å². The highest BCUT2D eigenvalue weighted by atomic mass is 32.1. The van der Waals surface area contributed by atoms with Crippen LogP contribution in [0.25, 0.3) is 10.1 Å². The van der Waals surface area contributed by atoms with Crippen molar-refractivity contribution in [2.75, 3.05) is 20.6 Å². The molecule has 3 heterocycles. The van der Waals surface area contributed by atoms with Crippen molar-refractivity contribution in [3.63, 3.8) is 0 Å². The summed E-state index contributed by atoms with van der Waals surface area (Å²) in [6.45, 7) is 0.646. The third-order valence-electron chi connectivity index (χ3n) is 5.81. The van der Waals surface area contributed by atoms with Gasteiger partial charge in [-0.1, -0.05) is 18.2 Å². The maximum atomic E-state index is 13.3. The summed E-state index contributed by atoms with van der Waals surface area (Å²) in [5.74, 6) is -0.176. The number of aromatic nitrogens is 2. The fourth-order valence-electron chi connectivity index (χ4n) is 4.16. The van der Waals surface area contributed by atoms with Gasteiger partial charge < -0.3 is 9.80 Å². The Bertz CT molecular complexity index is 1200. The van der Waals surface area contributed by atoms with E-state index >= 15 is 0 Å². The molecule has 2 aromatic heterocycles. The van der Waals surface area contributed by atoms with Crippen molar-refractivity contribution in [1.82, 2.24) is 19.6 Å². The van der Waals surface area contributed by atoms with Crippen LogP contribution in [0.3, 0.4) is 0 Å².